The third-order valence-electron chi connectivity index (χ3n) is 8.07. The summed E-state index contributed by atoms with van der Waals surface area (Å²) in [5.41, 5.74) is -4.08. The monoisotopic (exact) mass is 480 g/mol. The van der Waals surface area contributed by atoms with Crippen LogP contribution in [0.2, 0.25) is 0 Å². The summed E-state index contributed by atoms with van der Waals surface area (Å²) < 4.78 is 22.9. The number of aliphatic hydroxyl groups excluding tert-OH is 5. The zero-order valence-electron chi connectivity index (χ0n) is 18.4. The quantitative estimate of drug-likeness (QED) is 0.300. The first kappa shape index (κ1) is 23.6. The van der Waals surface area contributed by atoms with Crippen LogP contribution in [-0.2, 0) is 23.7 Å². The van der Waals surface area contributed by atoms with E-state index in [1.54, 1.807) is 37.3 Å². The van der Waals surface area contributed by atoms with Gasteiger partial charge in [0.25, 0.3) is 0 Å². The highest BCUT2D eigenvalue weighted by atomic mass is 16.7. The number of carbonyl (C=O) groups is 2. The molecule has 0 unspecified atom stereocenters. The molecule has 3 aliphatic carbocycles. The number of rotatable bonds is 6. The molecule has 2 aliphatic heterocycles. The summed E-state index contributed by atoms with van der Waals surface area (Å²) in [5, 5.41) is 51.0. The molecule has 0 spiro atoms. The molecule has 2 saturated heterocycles. The van der Waals surface area contributed by atoms with Crippen LogP contribution in [0.3, 0.4) is 0 Å². The topological polar surface area (TPSA) is 172 Å². The number of fused-ring (bicyclic) bond motifs is 1. The SMILES string of the molecule is C[C@@]12C[C@@H](O)[C@@H]3C[C@@]1(O[C@@H]1O[C@H](CO)[C@@H](O)[C@H](O)[C@H]1O)[C@@]3(COC(=O)c1ccccc1)C(=O)O2. The highest BCUT2D eigenvalue weighted by molar-refractivity contribution is 5.90. The lowest BCUT2D eigenvalue weighted by atomic mass is 9.40. The smallest absolute Gasteiger partial charge is 0.338 e. The Kier molecular flexibility index (Phi) is 5.52. The summed E-state index contributed by atoms with van der Waals surface area (Å²) >= 11 is 0. The minimum Gasteiger partial charge on any atom is -0.461 e. The van der Waals surface area contributed by atoms with Gasteiger partial charge in [-0.25, -0.2) is 4.79 Å². The fraction of sp³-hybridized carbons (Fsp3) is 0.652. The highest BCUT2D eigenvalue weighted by Crippen LogP contribution is 2.73. The van der Waals surface area contributed by atoms with Crippen molar-refractivity contribution in [1.29, 1.82) is 0 Å². The van der Waals surface area contributed by atoms with E-state index in [0.717, 1.165) is 0 Å². The third-order valence-corrected chi connectivity index (χ3v) is 8.07. The molecule has 3 saturated carbocycles. The number of carbonyl (C=O) groups excluding carboxylic acids is 2. The Morgan fingerprint density at radius 1 is 1.09 bits per heavy atom. The molecule has 11 nitrogen and oxygen atoms in total. The first-order chi connectivity index (χ1) is 16.1. The summed E-state index contributed by atoms with van der Waals surface area (Å²) in [5.74, 6) is -2.00. The number of ether oxygens (including phenoxy) is 4. The van der Waals surface area contributed by atoms with Crippen LogP contribution in [0.1, 0.15) is 30.1 Å². The number of benzene rings is 1. The molecule has 2 heterocycles. The van der Waals surface area contributed by atoms with Gasteiger partial charge < -0.3 is 44.5 Å². The Balaban J connectivity index is 1.46. The van der Waals surface area contributed by atoms with E-state index >= 15 is 0 Å². The fourth-order valence-electron chi connectivity index (χ4n) is 6.19. The molecule has 0 amide bonds. The minimum absolute atomic E-state index is 0.0508. The maximum atomic E-state index is 13.2. The fourth-order valence-corrected chi connectivity index (χ4v) is 6.19. The lowest BCUT2D eigenvalue weighted by Crippen LogP contribution is -2.80. The van der Waals surface area contributed by atoms with Gasteiger partial charge in [-0.2, -0.15) is 0 Å². The molecule has 4 bridgehead atoms. The largest absolute Gasteiger partial charge is 0.461 e. The lowest BCUT2D eigenvalue weighted by Gasteiger charge is -2.66. The van der Waals surface area contributed by atoms with E-state index in [-0.39, 0.29) is 18.4 Å². The normalized spacial score (nSPS) is 47.0. The first-order valence-electron chi connectivity index (χ1n) is 11.2. The van der Waals surface area contributed by atoms with Crippen molar-refractivity contribution < 1.29 is 54.1 Å². The van der Waals surface area contributed by atoms with E-state index in [2.05, 4.69) is 0 Å². The Hall–Kier alpha value is -2.12. The number of hydrogen-bond donors (Lipinski definition) is 5. The van der Waals surface area contributed by atoms with Gasteiger partial charge in [-0.15, -0.1) is 0 Å². The van der Waals surface area contributed by atoms with Crippen molar-refractivity contribution in [3.05, 3.63) is 35.9 Å². The zero-order chi connectivity index (χ0) is 24.5. The van der Waals surface area contributed by atoms with Crippen LogP contribution in [0.25, 0.3) is 0 Å². The summed E-state index contributed by atoms with van der Waals surface area (Å²) in [7, 11) is 0. The second-order valence-electron chi connectivity index (χ2n) is 9.76. The van der Waals surface area contributed by atoms with Gasteiger partial charge in [0.2, 0.25) is 0 Å². The Morgan fingerprint density at radius 2 is 1.79 bits per heavy atom. The molecule has 1 aromatic rings. The summed E-state index contributed by atoms with van der Waals surface area (Å²) in [4.78, 5) is 25.9. The predicted molar refractivity (Wildman–Crippen MR) is 110 cm³/mol. The maximum absolute atomic E-state index is 13.2. The van der Waals surface area contributed by atoms with Crippen LogP contribution in [-0.4, -0.2) is 98.7 Å². The van der Waals surface area contributed by atoms with Crippen LogP contribution < -0.4 is 0 Å². The predicted octanol–water partition coefficient (Wildman–Crippen LogP) is -1.51. The van der Waals surface area contributed by atoms with Crippen molar-refractivity contribution in [2.75, 3.05) is 13.2 Å². The first-order valence-corrected chi connectivity index (χ1v) is 11.2. The van der Waals surface area contributed by atoms with E-state index in [4.69, 9.17) is 18.9 Å². The second-order valence-corrected chi connectivity index (χ2v) is 9.76. The molecule has 0 radical (unpaired) electrons. The van der Waals surface area contributed by atoms with Gasteiger partial charge in [0.1, 0.15) is 47.6 Å². The van der Waals surface area contributed by atoms with Crippen molar-refractivity contribution in [2.45, 2.75) is 67.8 Å². The second kappa shape index (κ2) is 7.95. The van der Waals surface area contributed by atoms with Gasteiger partial charge in [0, 0.05) is 12.3 Å². The Labute approximate surface area is 194 Å². The van der Waals surface area contributed by atoms with E-state index in [1.165, 1.54) is 0 Å². The minimum atomic E-state index is -1.69. The van der Waals surface area contributed by atoms with Gasteiger partial charge in [-0.1, -0.05) is 18.2 Å². The molecule has 34 heavy (non-hydrogen) atoms. The van der Waals surface area contributed by atoms with Crippen molar-refractivity contribution in [1.82, 2.24) is 0 Å². The average Bonchev–Trinajstić information content (AvgIpc) is 2.88. The summed E-state index contributed by atoms with van der Waals surface area (Å²) in [6.45, 7) is 0.508. The van der Waals surface area contributed by atoms with Crippen molar-refractivity contribution in [3.8, 4) is 0 Å². The van der Waals surface area contributed by atoms with Gasteiger partial charge >= 0.3 is 11.9 Å². The zero-order valence-corrected chi connectivity index (χ0v) is 18.4. The number of hydrogen-bond acceptors (Lipinski definition) is 11. The highest BCUT2D eigenvalue weighted by Gasteiger charge is 2.88. The van der Waals surface area contributed by atoms with Crippen LogP contribution in [0, 0.1) is 11.3 Å². The molecule has 5 fully saturated rings. The summed E-state index contributed by atoms with van der Waals surface area (Å²) in [6.07, 6.45) is -8.41. The van der Waals surface area contributed by atoms with E-state index in [0.29, 0.717) is 0 Å². The average molecular weight is 480 g/mol. The van der Waals surface area contributed by atoms with Crippen molar-refractivity contribution in [3.63, 3.8) is 0 Å². The van der Waals surface area contributed by atoms with E-state index in [9.17, 15) is 35.1 Å². The summed E-state index contributed by atoms with van der Waals surface area (Å²) in [6, 6.07) is 8.20. The van der Waals surface area contributed by atoms with Crippen molar-refractivity contribution >= 4 is 11.9 Å². The van der Waals surface area contributed by atoms with E-state index in [1.807, 2.05) is 0 Å². The molecular formula is C23H28O11. The number of aliphatic hydroxyl groups is 5. The maximum Gasteiger partial charge on any atom is 0.338 e. The van der Waals surface area contributed by atoms with Gasteiger partial charge in [-0.05, 0) is 25.5 Å². The third kappa shape index (κ3) is 2.95. The van der Waals surface area contributed by atoms with Crippen molar-refractivity contribution in [2.24, 2.45) is 11.3 Å². The molecular weight excluding hydrogens is 452 g/mol. The Bertz CT molecular complexity index is 969. The molecule has 0 aromatic heterocycles. The molecule has 6 rings (SSSR count). The van der Waals surface area contributed by atoms with Gasteiger partial charge in [0.15, 0.2) is 6.29 Å². The standard InChI is InChI=1S/C23H28O11/c1-21-8-13(25)12-7-23(21,33-19-17(28)16(27)15(26)14(9-24)32-19)22(12,20(30)34-21)10-31-18(29)11-5-3-2-4-6-11/h2-6,12-17,19,24-28H,7-10H2,1H3/t12-,13+,14+,15+,16-,17+,19-,21+,22+,23-/m0/s1. The lowest BCUT2D eigenvalue weighted by molar-refractivity contribution is -0.394. The van der Waals surface area contributed by atoms with Gasteiger partial charge in [-0.3, -0.25) is 4.79 Å². The van der Waals surface area contributed by atoms with Crippen LogP contribution in [0.4, 0.5) is 0 Å². The van der Waals surface area contributed by atoms with E-state index < -0.39 is 84.5 Å². The molecule has 11 heteroatoms. The molecule has 5 N–H and O–H groups in total. The number of esters is 2. The van der Waals surface area contributed by atoms with Gasteiger partial charge in [0.05, 0.1) is 18.3 Å². The molecule has 1 aromatic carbocycles. The molecule has 186 valence electrons. The Morgan fingerprint density at radius 3 is 2.47 bits per heavy atom. The van der Waals surface area contributed by atoms with Crippen LogP contribution in [0.15, 0.2) is 30.3 Å². The molecule has 10 atom stereocenters. The van der Waals surface area contributed by atoms with Crippen LogP contribution >= 0.6 is 0 Å². The van der Waals surface area contributed by atoms with Crippen LogP contribution in [0.5, 0.6) is 0 Å². The molecule has 5 aliphatic rings.